The van der Waals surface area contributed by atoms with Gasteiger partial charge in [-0.05, 0) is 6.92 Å². The number of nitrogens with one attached hydrogen (secondary N) is 1. The first-order chi connectivity index (χ1) is 9.08. The molecule has 0 saturated carbocycles. The SMILES string of the molecule is COc1cc(NCc2csc(C)n2)cc([N+](=O)[O-])c1. The van der Waals surface area contributed by atoms with Crippen molar-refractivity contribution in [1.29, 1.82) is 0 Å². The molecule has 2 rings (SSSR count). The van der Waals surface area contributed by atoms with Gasteiger partial charge in [0.05, 0.1) is 35.3 Å². The lowest BCUT2D eigenvalue weighted by Crippen LogP contribution is -2.01. The smallest absolute Gasteiger partial charge is 0.275 e. The Morgan fingerprint density at radius 1 is 1.47 bits per heavy atom. The summed E-state index contributed by atoms with van der Waals surface area (Å²) in [5.74, 6) is 0.450. The lowest BCUT2D eigenvalue weighted by molar-refractivity contribution is -0.384. The van der Waals surface area contributed by atoms with E-state index in [0.717, 1.165) is 10.7 Å². The van der Waals surface area contributed by atoms with E-state index in [2.05, 4.69) is 10.3 Å². The lowest BCUT2D eigenvalue weighted by Gasteiger charge is -2.07. The Hall–Kier alpha value is -2.15. The zero-order chi connectivity index (χ0) is 13.8. The van der Waals surface area contributed by atoms with Gasteiger partial charge in [-0.15, -0.1) is 11.3 Å². The first-order valence-corrected chi connectivity index (χ1v) is 6.45. The lowest BCUT2D eigenvalue weighted by atomic mass is 10.2. The third kappa shape index (κ3) is 3.41. The molecule has 0 amide bonds. The molecule has 1 aromatic carbocycles. The number of thiazole rings is 1. The Morgan fingerprint density at radius 2 is 2.26 bits per heavy atom. The van der Waals surface area contributed by atoms with Crippen LogP contribution in [-0.2, 0) is 6.54 Å². The van der Waals surface area contributed by atoms with Crippen LogP contribution in [-0.4, -0.2) is 17.0 Å². The third-order valence-electron chi connectivity index (χ3n) is 2.48. The molecule has 0 aliphatic carbocycles. The summed E-state index contributed by atoms with van der Waals surface area (Å²) < 4.78 is 5.04. The Kier molecular flexibility index (Phi) is 3.96. The highest BCUT2D eigenvalue weighted by Gasteiger charge is 2.10. The minimum Gasteiger partial charge on any atom is -0.496 e. The number of ether oxygens (including phenoxy) is 1. The molecule has 6 nitrogen and oxygen atoms in total. The van der Waals surface area contributed by atoms with Gasteiger partial charge in [0.25, 0.3) is 5.69 Å². The number of hydrogen-bond acceptors (Lipinski definition) is 6. The second kappa shape index (κ2) is 5.66. The van der Waals surface area contributed by atoms with Crippen LogP contribution in [0.2, 0.25) is 0 Å². The monoisotopic (exact) mass is 279 g/mol. The van der Waals surface area contributed by atoms with Gasteiger partial charge in [0.2, 0.25) is 0 Å². The number of aryl methyl sites for hydroxylation is 1. The summed E-state index contributed by atoms with van der Waals surface area (Å²) in [7, 11) is 1.48. The maximum absolute atomic E-state index is 10.8. The van der Waals surface area contributed by atoms with Crippen molar-refractivity contribution in [3.8, 4) is 5.75 Å². The average Bonchev–Trinajstić information content (AvgIpc) is 2.81. The number of rotatable bonds is 5. The Bertz CT molecular complexity index is 598. The standard InChI is InChI=1S/C12H13N3O3S/c1-8-14-10(7-19-8)6-13-9-3-11(15(16)17)5-12(4-9)18-2/h3-5,7,13H,6H2,1-2H3. The van der Waals surface area contributed by atoms with Gasteiger partial charge in [-0.25, -0.2) is 4.98 Å². The van der Waals surface area contributed by atoms with Crippen LogP contribution in [0, 0.1) is 17.0 Å². The molecule has 1 heterocycles. The van der Waals surface area contributed by atoms with Gasteiger partial charge in [0, 0.05) is 23.2 Å². The van der Waals surface area contributed by atoms with Crippen molar-refractivity contribution in [2.45, 2.75) is 13.5 Å². The molecule has 2 aromatic rings. The normalized spacial score (nSPS) is 10.2. The van der Waals surface area contributed by atoms with E-state index in [1.165, 1.54) is 19.2 Å². The molecule has 7 heteroatoms. The van der Waals surface area contributed by atoms with Crippen LogP contribution >= 0.6 is 11.3 Å². The van der Waals surface area contributed by atoms with Crippen molar-refractivity contribution in [3.63, 3.8) is 0 Å². The summed E-state index contributed by atoms with van der Waals surface area (Å²) in [6.45, 7) is 2.46. The molecular formula is C12H13N3O3S. The average molecular weight is 279 g/mol. The van der Waals surface area contributed by atoms with E-state index >= 15 is 0 Å². The predicted molar refractivity (Wildman–Crippen MR) is 73.8 cm³/mol. The molecule has 0 bridgehead atoms. The van der Waals surface area contributed by atoms with Crippen molar-refractivity contribution in [2.75, 3.05) is 12.4 Å². The molecule has 19 heavy (non-hydrogen) atoms. The van der Waals surface area contributed by atoms with E-state index in [9.17, 15) is 10.1 Å². The number of non-ortho nitro benzene ring substituents is 1. The molecule has 1 N–H and O–H groups in total. The zero-order valence-corrected chi connectivity index (χ0v) is 11.4. The summed E-state index contributed by atoms with van der Waals surface area (Å²) >= 11 is 1.57. The van der Waals surface area contributed by atoms with Gasteiger partial charge in [-0.1, -0.05) is 0 Å². The topological polar surface area (TPSA) is 77.3 Å². The highest BCUT2D eigenvalue weighted by atomic mass is 32.1. The van der Waals surface area contributed by atoms with Crippen LogP contribution in [0.4, 0.5) is 11.4 Å². The van der Waals surface area contributed by atoms with E-state index in [4.69, 9.17) is 4.74 Å². The first-order valence-electron chi connectivity index (χ1n) is 5.57. The van der Waals surface area contributed by atoms with Crippen molar-refractivity contribution in [2.24, 2.45) is 0 Å². The minimum atomic E-state index is -0.444. The molecule has 100 valence electrons. The van der Waals surface area contributed by atoms with Gasteiger partial charge in [-0.3, -0.25) is 10.1 Å². The summed E-state index contributed by atoms with van der Waals surface area (Å²) in [6, 6.07) is 4.58. The Labute approximate surface area is 114 Å². The van der Waals surface area contributed by atoms with Crippen molar-refractivity contribution < 1.29 is 9.66 Å². The van der Waals surface area contributed by atoms with E-state index in [1.807, 2.05) is 12.3 Å². The van der Waals surface area contributed by atoms with Gasteiger partial charge < -0.3 is 10.1 Å². The molecule has 0 fully saturated rings. The van der Waals surface area contributed by atoms with Crippen molar-refractivity contribution >= 4 is 22.7 Å². The second-order valence-electron chi connectivity index (χ2n) is 3.89. The molecule has 0 aliphatic rings. The Morgan fingerprint density at radius 3 is 2.84 bits per heavy atom. The number of aromatic nitrogens is 1. The third-order valence-corrected chi connectivity index (χ3v) is 3.30. The summed E-state index contributed by atoms with van der Waals surface area (Å²) in [5, 5.41) is 16.9. The fourth-order valence-corrected chi connectivity index (χ4v) is 2.20. The first kappa shape index (κ1) is 13.3. The van der Waals surface area contributed by atoms with Crippen LogP contribution in [0.3, 0.4) is 0 Å². The quantitative estimate of drug-likeness (QED) is 0.672. The van der Waals surface area contributed by atoms with E-state index < -0.39 is 4.92 Å². The van der Waals surface area contributed by atoms with Crippen LogP contribution in [0.1, 0.15) is 10.7 Å². The minimum absolute atomic E-state index is 0.00342. The largest absolute Gasteiger partial charge is 0.496 e. The maximum Gasteiger partial charge on any atom is 0.275 e. The van der Waals surface area contributed by atoms with E-state index in [0.29, 0.717) is 18.0 Å². The highest BCUT2D eigenvalue weighted by molar-refractivity contribution is 7.09. The number of methoxy groups -OCH3 is 1. The maximum atomic E-state index is 10.8. The van der Waals surface area contributed by atoms with E-state index in [1.54, 1.807) is 17.4 Å². The molecule has 0 radical (unpaired) electrons. The number of nitro benzene ring substituents is 1. The molecule has 0 spiro atoms. The van der Waals surface area contributed by atoms with E-state index in [-0.39, 0.29) is 5.69 Å². The number of hydrogen-bond donors (Lipinski definition) is 1. The summed E-state index contributed by atoms with van der Waals surface area (Å²) in [5.41, 5.74) is 1.54. The van der Waals surface area contributed by atoms with Crippen molar-refractivity contribution in [1.82, 2.24) is 4.98 Å². The van der Waals surface area contributed by atoms with Crippen molar-refractivity contribution in [3.05, 3.63) is 44.4 Å². The fourth-order valence-electron chi connectivity index (χ4n) is 1.59. The van der Waals surface area contributed by atoms with Gasteiger partial charge in [0.15, 0.2) is 0 Å². The van der Waals surface area contributed by atoms with Gasteiger partial charge in [0.1, 0.15) is 5.75 Å². The molecule has 0 unspecified atom stereocenters. The summed E-state index contributed by atoms with van der Waals surface area (Å²) in [4.78, 5) is 14.7. The fraction of sp³-hybridized carbons (Fsp3) is 0.250. The second-order valence-corrected chi connectivity index (χ2v) is 4.95. The number of nitro groups is 1. The molecule has 0 aliphatic heterocycles. The number of nitrogens with zero attached hydrogens (tertiary/aromatic N) is 2. The molecular weight excluding hydrogens is 266 g/mol. The zero-order valence-electron chi connectivity index (χ0n) is 10.5. The van der Waals surface area contributed by atoms with Gasteiger partial charge >= 0.3 is 0 Å². The highest BCUT2D eigenvalue weighted by Crippen LogP contribution is 2.26. The number of anilines is 1. The van der Waals surface area contributed by atoms with Crippen LogP contribution < -0.4 is 10.1 Å². The number of benzene rings is 1. The van der Waals surface area contributed by atoms with Gasteiger partial charge in [-0.2, -0.15) is 0 Å². The Balaban J connectivity index is 2.15. The van der Waals surface area contributed by atoms with Crippen LogP contribution in [0.25, 0.3) is 0 Å². The van der Waals surface area contributed by atoms with Crippen LogP contribution in [0.5, 0.6) is 5.75 Å². The summed E-state index contributed by atoms with van der Waals surface area (Å²) in [6.07, 6.45) is 0. The molecule has 0 atom stereocenters. The predicted octanol–water partition coefficient (Wildman–Crippen LogP) is 2.98. The van der Waals surface area contributed by atoms with Crippen LogP contribution in [0.15, 0.2) is 23.6 Å². The molecule has 0 saturated heterocycles. The molecule has 1 aromatic heterocycles.